The lowest BCUT2D eigenvalue weighted by Crippen LogP contribution is -2.29. The Morgan fingerprint density at radius 1 is 1.27 bits per heavy atom. The maximum absolute atomic E-state index is 11.5. The predicted molar refractivity (Wildman–Crippen MR) is 83.3 cm³/mol. The van der Waals surface area contributed by atoms with Gasteiger partial charge in [-0.05, 0) is 23.8 Å². The molecule has 0 saturated carbocycles. The molecule has 118 valence electrons. The molecular weight excluding hydrogens is 375 g/mol. The first-order chi connectivity index (χ1) is 10.2. The van der Waals surface area contributed by atoms with E-state index in [4.69, 9.17) is 28.3 Å². The molecule has 0 spiro atoms. The third-order valence-corrected chi connectivity index (χ3v) is 4.73. The zero-order valence-electron chi connectivity index (χ0n) is 10.6. The molecule has 1 aromatic heterocycles. The normalized spacial score (nSPS) is 11.4. The summed E-state index contributed by atoms with van der Waals surface area (Å²) in [5.41, 5.74) is 0.0833. The van der Waals surface area contributed by atoms with E-state index in [1.54, 1.807) is 0 Å². The molecule has 0 amide bonds. The maximum atomic E-state index is 11.5. The third-order valence-electron chi connectivity index (χ3n) is 2.45. The van der Waals surface area contributed by atoms with Crippen LogP contribution in [0.4, 0.5) is 5.13 Å². The lowest BCUT2D eigenvalue weighted by atomic mass is 10.2. The molecule has 2 aromatic rings. The Balaban J connectivity index is 2.40. The van der Waals surface area contributed by atoms with E-state index < -0.39 is 16.3 Å². The Kier molecular flexibility index (Phi) is 4.93. The molecule has 2 rings (SSSR count). The van der Waals surface area contributed by atoms with Crippen LogP contribution in [0.5, 0.6) is 0 Å². The van der Waals surface area contributed by atoms with E-state index in [1.165, 1.54) is 23.6 Å². The molecule has 7 nitrogen and oxygen atoms in total. The molecule has 0 bridgehead atoms. The van der Waals surface area contributed by atoms with Crippen molar-refractivity contribution >= 4 is 55.9 Å². The predicted octanol–water partition coefficient (Wildman–Crippen LogP) is 2.96. The molecule has 0 fully saturated rings. The topological polar surface area (TPSA) is 108 Å². The number of hydrogen-bond donors (Lipinski definition) is 2. The quantitative estimate of drug-likeness (QED) is 0.769. The summed E-state index contributed by atoms with van der Waals surface area (Å²) in [6.45, 7) is -0.300. The number of aromatic carboxylic acids is 1. The fraction of sp³-hybridized carbons (Fsp3) is 0.0909. The summed E-state index contributed by atoms with van der Waals surface area (Å²) in [7, 11) is -4.65. The minimum atomic E-state index is -4.65. The van der Waals surface area contributed by atoms with Gasteiger partial charge >= 0.3 is 16.3 Å². The van der Waals surface area contributed by atoms with E-state index in [-0.39, 0.29) is 17.4 Å². The van der Waals surface area contributed by atoms with Gasteiger partial charge in [0.1, 0.15) is 0 Å². The van der Waals surface area contributed by atoms with Crippen LogP contribution in [0.3, 0.4) is 0 Å². The van der Waals surface area contributed by atoms with Gasteiger partial charge in [-0.1, -0.05) is 23.2 Å². The first-order valence-electron chi connectivity index (χ1n) is 5.56. The maximum Gasteiger partial charge on any atom is 0.362 e. The van der Waals surface area contributed by atoms with Crippen LogP contribution in [0.15, 0.2) is 23.6 Å². The summed E-state index contributed by atoms with van der Waals surface area (Å²) in [6, 6.07) is 4.41. The van der Waals surface area contributed by atoms with Crippen LogP contribution >= 0.6 is 34.5 Å². The Bertz CT molecular complexity index is 801. The van der Waals surface area contributed by atoms with Crippen molar-refractivity contribution in [1.29, 1.82) is 0 Å². The summed E-state index contributed by atoms with van der Waals surface area (Å²) in [4.78, 5) is 14.5. The average Bonchev–Trinajstić information content (AvgIpc) is 2.82. The largest absolute Gasteiger partial charge is 0.476 e. The highest BCUT2D eigenvalue weighted by Gasteiger charge is 2.24. The van der Waals surface area contributed by atoms with Crippen molar-refractivity contribution in [2.24, 2.45) is 0 Å². The molecule has 1 aromatic carbocycles. The SMILES string of the molecule is O=C(O)c1csc(N(Cc2cc(Cl)cc(Cl)c2)S(=O)(=O)O)n1. The monoisotopic (exact) mass is 382 g/mol. The van der Waals surface area contributed by atoms with Gasteiger partial charge in [0.15, 0.2) is 5.69 Å². The molecule has 0 radical (unpaired) electrons. The number of anilines is 1. The highest BCUT2D eigenvalue weighted by molar-refractivity contribution is 7.87. The van der Waals surface area contributed by atoms with Gasteiger partial charge in [0, 0.05) is 15.4 Å². The van der Waals surface area contributed by atoms with E-state index in [0.717, 1.165) is 11.3 Å². The highest BCUT2D eigenvalue weighted by Crippen LogP contribution is 2.27. The number of thiazole rings is 1. The number of rotatable bonds is 5. The van der Waals surface area contributed by atoms with E-state index in [9.17, 15) is 17.8 Å². The smallest absolute Gasteiger partial charge is 0.362 e. The van der Waals surface area contributed by atoms with Crippen LogP contribution < -0.4 is 4.31 Å². The first kappa shape index (κ1) is 17.0. The molecule has 1 heterocycles. The molecule has 0 aliphatic rings. The van der Waals surface area contributed by atoms with Crippen molar-refractivity contribution in [3.05, 3.63) is 44.9 Å². The van der Waals surface area contributed by atoms with E-state index in [0.29, 0.717) is 19.9 Å². The molecule has 2 N–H and O–H groups in total. The second-order valence-electron chi connectivity index (χ2n) is 4.08. The van der Waals surface area contributed by atoms with Gasteiger partial charge in [0.05, 0.1) is 6.54 Å². The van der Waals surface area contributed by atoms with Gasteiger partial charge in [0.2, 0.25) is 5.13 Å². The van der Waals surface area contributed by atoms with Crippen molar-refractivity contribution in [3.63, 3.8) is 0 Å². The number of hydrogen-bond acceptors (Lipinski definition) is 5. The lowest BCUT2D eigenvalue weighted by molar-refractivity contribution is 0.0691. The fourth-order valence-corrected chi connectivity index (χ4v) is 3.83. The third kappa shape index (κ3) is 4.08. The number of nitrogens with zero attached hydrogens (tertiary/aromatic N) is 2. The molecule has 0 aliphatic heterocycles. The minimum absolute atomic E-state index is 0.184. The van der Waals surface area contributed by atoms with Gasteiger partial charge in [-0.2, -0.15) is 8.42 Å². The number of carboxylic acids is 1. The van der Waals surface area contributed by atoms with Crippen LogP contribution in [-0.2, 0) is 16.8 Å². The first-order valence-corrected chi connectivity index (χ1v) is 8.59. The van der Waals surface area contributed by atoms with Gasteiger partial charge < -0.3 is 5.11 Å². The van der Waals surface area contributed by atoms with Gasteiger partial charge in [0.25, 0.3) is 0 Å². The minimum Gasteiger partial charge on any atom is -0.476 e. The molecular formula is C11H8Cl2N2O5S2. The highest BCUT2D eigenvalue weighted by atomic mass is 35.5. The number of carbonyl (C=O) groups is 1. The summed E-state index contributed by atoms with van der Waals surface area (Å²) in [6.07, 6.45) is 0. The van der Waals surface area contributed by atoms with Gasteiger partial charge in [-0.15, -0.1) is 11.3 Å². The Labute approximate surface area is 139 Å². The molecule has 11 heteroatoms. The number of aromatic nitrogens is 1. The number of benzene rings is 1. The molecule has 0 saturated heterocycles. The van der Waals surface area contributed by atoms with Crippen molar-refractivity contribution < 1.29 is 22.9 Å². The lowest BCUT2D eigenvalue weighted by Gasteiger charge is -2.18. The van der Waals surface area contributed by atoms with Crippen LogP contribution in [0, 0.1) is 0 Å². The number of halogens is 2. The van der Waals surface area contributed by atoms with Crippen molar-refractivity contribution in [2.75, 3.05) is 4.31 Å². The van der Waals surface area contributed by atoms with Gasteiger partial charge in [-0.25, -0.2) is 14.1 Å². The Hall–Kier alpha value is -1.39. The molecule has 22 heavy (non-hydrogen) atoms. The molecule has 0 atom stereocenters. The van der Waals surface area contributed by atoms with Crippen molar-refractivity contribution in [1.82, 2.24) is 4.98 Å². The molecule has 0 aliphatic carbocycles. The summed E-state index contributed by atoms with van der Waals surface area (Å²) >= 11 is 12.4. The van der Waals surface area contributed by atoms with Crippen molar-refractivity contribution in [2.45, 2.75) is 6.54 Å². The van der Waals surface area contributed by atoms with Crippen LogP contribution in [-0.4, -0.2) is 29.0 Å². The van der Waals surface area contributed by atoms with E-state index >= 15 is 0 Å². The standard InChI is InChI=1S/C11H8Cl2N2O5S2/c12-7-1-6(2-8(13)3-7)4-15(22(18,19)20)11-14-9(5-21-11)10(16)17/h1-3,5H,4H2,(H,16,17)(H,18,19,20). The second kappa shape index (κ2) is 6.39. The summed E-state index contributed by atoms with van der Waals surface area (Å²) < 4.78 is 32.9. The second-order valence-corrected chi connectivity index (χ2v) is 7.13. The summed E-state index contributed by atoms with van der Waals surface area (Å²) in [5, 5.41) is 10.4. The van der Waals surface area contributed by atoms with Crippen LogP contribution in [0.1, 0.15) is 16.1 Å². The number of carboxylic acid groups (broad SMARTS) is 1. The fourth-order valence-electron chi connectivity index (χ4n) is 1.59. The van der Waals surface area contributed by atoms with E-state index in [1.807, 2.05) is 0 Å². The zero-order chi connectivity index (χ0) is 16.5. The van der Waals surface area contributed by atoms with Gasteiger partial charge in [-0.3, -0.25) is 4.55 Å². The average molecular weight is 383 g/mol. The molecule has 0 unspecified atom stereocenters. The van der Waals surface area contributed by atoms with Crippen LogP contribution in [0.25, 0.3) is 0 Å². The zero-order valence-corrected chi connectivity index (χ0v) is 13.7. The Morgan fingerprint density at radius 3 is 2.32 bits per heavy atom. The summed E-state index contributed by atoms with van der Waals surface area (Å²) in [5.74, 6) is -1.30. The van der Waals surface area contributed by atoms with E-state index in [2.05, 4.69) is 4.98 Å². The Morgan fingerprint density at radius 2 is 1.86 bits per heavy atom. The van der Waals surface area contributed by atoms with Crippen LogP contribution in [0.2, 0.25) is 10.0 Å². The van der Waals surface area contributed by atoms with Crippen molar-refractivity contribution in [3.8, 4) is 0 Å².